The number of nitrogens with one attached hydrogen (secondary N) is 1. The fourth-order valence-corrected chi connectivity index (χ4v) is 3.86. The monoisotopic (exact) mass is 396 g/mol. The Hall–Kier alpha value is -2.70. The fourth-order valence-electron chi connectivity index (χ4n) is 3.74. The van der Waals surface area contributed by atoms with Crippen molar-refractivity contribution in [1.29, 1.82) is 0 Å². The summed E-state index contributed by atoms with van der Waals surface area (Å²) in [6, 6.07) is 16.8. The van der Waals surface area contributed by atoms with Gasteiger partial charge in [0.1, 0.15) is 0 Å². The lowest BCUT2D eigenvalue weighted by Crippen LogP contribution is -2.32. The van der Waals surface area contributed by atoms with E-state index in [1.807, 2.05) is 30.3 Å². The van der Waals surface area contributed by atoms with E-state index in [2.05, 4.69) is 21.2 Å². The maximum absolute atomic E-state index is 10.9. The first-order valence-electron chi connectivity index (χ1n) is 9.35. The third-order valence-electron chi connectivity index (χ3n) is 5.29. The van der Waals surface area contributed by atoms with E-state index in [9.17, 15) is 10.1 Å². The summed E-state index contributed by atoms with van der Waals surface area (Å²) in [5, 5.41) is 19.3. The number of hydrogen-bond acceptors (Lipinski definition) is 4. The molecule has 1 fully saturated rings. The van der Waals surface area contributed by atoms with Gasteiger partial charge in [-0.25, -0.2) is 0 Å². The van der Waals surface area contributed by atoms with Crippen LogP contribution < -0.4 is 0 Å². The van der Waals surface area contributed by atoms with Gasteiger partial charge >= 0.3 is 0 Å². The van der Waals surface area contributed by atoms with Crippen LogP contribution >= 0.6 is 11.6 Å². The summed E-state index contributed by atoms with van der Waals surface area (Å²) in [5.74, 6) is 0.429. The minimum absolute atomic E-state index is 0.152. The molecule has 1 aromatic heterocycles. The molecule has 1 N–H and O–H groups in total. The van der Waals surface area contributed by atoms with Crippen LogP contribution in [0.5, 0.6) is 0 Å². The molecule has 2 aromatic carbocycles. The largest absolute Gasteiger partial charge is 0.299 e. The average molecular weight is 397 g/mol. The first-order valence-corrected chi connectivity index (χ1v) is 9.73. The number of nitro benzene ring substituents is 1. The van der Waals surface area contributed by atoms with E-state index in [0.717, 1.165) is 60.0 Å². The zero-order valence-electron chi connectivity index (χ0n) is 15.3. The summed E-state index contributed by atoms with van der Waals surface area (Å²) in [5.41, 5.74) is 4.31. The van der Waals surface area contributed by atoms with Crippen molar-refractivity contribution < 1.29 is 4.92 Å². The number of piperidine rings is 1. The van der Waals surface area contributed by atoms with Crippen LogP contribution in [-0.2, 0) is 6.54 Å². The number of nitro groups is 1. The highest BCUT2D eigenvalue weighted by molar-refractivity contribution is 6.30. The van der Waals surface area contributed by atoms with Gasteiger partial charge in [-0.05, 0) is 55.3 Å². The van der Waals surface area contributed by atoms with Crippen molar-refractivity contribution in [2.75, 3.05) is 13.1 Å². The van der Waals surface area contributed by atoms with E-state index in [1.54, 1.807) is 12.1 Å². The van der Waals surface area contributed by atoms with Gasteiger partial charge in [0, 0.05) is 29.6 Å². The first-order chi connectivity index (χ1) is 13.6. The van der Waals surface area contributed by atoms with Crippen molar-refractivity contribution in [3.63, 3.8) is 0 Å². The highest BCUT2D eigenvalue weighted by Crippen LogP contribution is 2.30. The van der Waals surface area contributed by atoms with Gasteiger partial charge in [-0.15, -0.1) is 0 Å². The Morgan fingerprint density at radius 3 is 2.61 bits per heavy atom. The second-order valence-electron chi connectivity index (χ2n) is 7.19. The molecule has 0 spiro atoms. The van der Waals surface area contributed by atoms with Gasteiger partial charge < -0.3 is 0 Å². The number of likely N-dealkylation sites (tertiary alicyclic amines) is 1. The van der Waals surface area contributed by atoms with Gasteiger partial charge in [-0.2, -0.15) is 5.10 Å². The second kappa shape index (κ2) is 8.12. The van der Waals surface area contributed by atoms with Crippen molar-refractivity contribution in [2.24, 2.45) is 0 Å². The van der Waals surface area contributed by atoms with E-state index < -0.39 is 0 Å². The Morgan fingerprint density at radius 1 is 1.14 bits per heavy atom. The molecule has 0 atom stereocenters. The van der Waals surface area contributed by atoms with Gasteiger partial charge in [-0.3, -0.25) is 20.1 Å². The molecule has 1 saturated heterocycles. The number of aromatic nitrogens is 2. The minimum Gasteiger partial charge on any atom is -0.299 e. The van der Waals surface area contributed by atoms with Crippen molar-refractivity contribution in [3.05, 3.63) is 81.0 Å². The number of halogens is 1. The topological polar surface area (TPSA) is 75.1 Å². The zero-order valence-corrected chi connectivity index (χ0v) is 16.1. The third-order valence-corrected chi connectivity index (χ3v) is 5.54. The van der Waals surface area contributed by atoms with Crippen LogP contribution in [0.2, 0.25) is 5.02 Å². The number of non-ortho nitro benzene ring substituents is 1. The molecule has 7 heteroatoms. The van der Waals surface area contributed by atoms with Crippen LogP contribution in [0.4, 0.5) is 5.69 Å². The van der Waals surface area contributed by atoms with E-state index >= 15 is 0 Å². The number of aromatic amines is 1. The zero-order chi connectivity index (χ0) is 19.5. The normalized spacial score (nSPS) is 15.6. The minimum atomic E-state index is -0.342. The van der Waals surface area contributed by atoms with E-state index in [0.29, 0.717) is 5.92 Å². The molecule has 28 heavy (non-hydrogen) atoms. The summed E-state index contributed by atoms with van der Waals surface area (Å²) in [4.78, 5) is 12.9. The molecular weight excluding hydrogens is 376 g/mol. The predicted octanol–water partition coefficient (Wildman–Crippen LogP) is 5.02. The predicted molar refractivity (Wildman–Crippen MR) is 109 cm³/mol. The Labute approximate surface area is 168 Å². The molecule has 3 aromatic rings. The molecule has 2 heterocycles. The lowest BCUT2D eigenvalue weighted by molar-refractivity contribution is -0.384. The quantitative estimate of drug-likeness (QED) is 0.485. The maximum Gasteiger partial charge on any atom is 0.269 e. The molecule has 0 amide bonds. The maximum atomic E-state index is 10.9. The van der Waals surface area contributed by atoms with E-state index in [-0.39, 0.29) is 10.6 Å². The molecule has 144 valence electrons. The van der Waals surface area contributed by atoms with Crippen LogP contribution in [0.25, 0.3) is 11.3 Å². The van der Waals surface area contributed by atoms with E-state index in [4.69, 9.17) is 11.6 Å². The molecule has 0 saturated carbocycles. The van der Waals surface area contributed by atoms with Crippen LogP contribution in [0.3, 0.4) is 0 Å². The third kappa shape index (κ3) is 4.24. The number of hydrogen-bond donors (Lipinski definition) is 1. The molecular formula is C21H21ClN4O2. The molecule has 0 unspecified atom stereocenters. The average Bonchev–Trinajstić information content (AvgIpc) is 3.19. The van der Waals surface area contributed by atoms with Gasteiger partial charge in [0.05, 0.1) is 16.3 Å². The first kappa shape index (κ1) is 18.7. The second-order valence-corrected chi connectivity index (χ2v) is 7.63. The summed E-state index contributed by atoms with van der Waals surface area (Å²) in [6.07, 6.45) is 2.06. The fraction of sp³-hybridized carbons (Fsp3) is 0.286. The van der Waals surface area contributed by atoms with Gasteiger partial charge in [0.2, 0.25) is 0 Å². The Morgan fingerprint density at radius 2 is 1.89 bits per heavy atom. The molecule has 0 bridgehead atoms. The molecule has 6 nitrogen and oxygen atoms in total. The van der Waals surface area contributed by atoms with Gasteiger partial charge in [-0.1, -0.05) is 35.9 Å². The highest BCUT2D eigenvalue weighted by Gasteiger charge is 2.23. The molecule has 1 aliphatic heterocycles. The summed E-state index contributed by atoms with van der Waals surface area (Å²) in [7, 11) is 0. The summed E-state index contributed by atoms with van der Waals surface area (Å²) in [6.45, 7) is 2.65. The van der Waals surface area contributed by atoms with Gasteiger partial charge in [0.15, 0.2) is 0 Å². The van der Waals surface area contributed by atoms with Crippen molar-refractivity contribution >= 4 is 17.3 Å². The van der Waals surface area contributed by atoms with Crippen molar-refractivity contribution in [3.8, 4) is 11.3 Å². The number of rotatable bonds is 5. The summed E-state index contributed by atoms with van der Waals surface area (Å²) >= 11 is 5.96. The Balaban J connectivity index is 1.36. The lowest BCUT2D eigenvalue weighted by Gasteiger charge is -2.31. The van der Waals surface area contributed by atoms with E-state index in [1.165, 1.54) is 6.07 Å². The van der Waals surface area contributed by atoms with Gasteiger partial charge in [0.25, 0.3) is 5.69 Å². The summed E-state index contributed by atoms with van der Waals surface area (Å²) < 4.78 is 0. The van der Waals surface area contributed by atoms with Crippen LogP contribution in [-0.4, -0.2) is 33.1 Å². The molecule has 0 aliphatic carbocycles. The molecule has 1 aliphatic rings. The standard InChI is InChI=1S/C21H21ClN4O2/c22-18-6-4-16(5-7-18)20-13-21(24-23-20)17-8-10-25(11-9-17)14-15-2-1-3-19(12-15)26(27)28/h1-7,12-13,17H,8-11,14H2,(H,23,24). The smallest absolute Gasteiger partial charge is 0.269 e. The number of H-pyrrole nitrogens is 1. The Kier molecular flexibility index (Phi) is 5.41. The Bertz CT molecular complexity index is 963. The van der Waals surface area contributed by atoms with Crippen LogP contribution in [0, 0.1) is 10.1 Å². The molecule has 4 rings (SSSR count). The van der Waals surface area contributed by atoms with Crippen LogP contribution in [0.15, 0.2) is 54.6 Å². The van der Waals surface area contributed by atoms with Crippen LogP contribution in [0.1, 0.15) is 30.0 Å². The molecule has 0 radical (unpaired) electrons. The highest BCUT2D eigenvalue weighted by atomic mass is 35.5. The SMILES string of the molecule is O=[N+]([O-])c1cccc(CN2CCC(c3cc(-c4ccc(Cl)cc4)[nH]n3)CC2)c1. The lowest BCUT2D eigenvalue weighted by atomic mass is 9.93. The number of nitrogens with zero attached hydrogens (tertiary/aromatic N) is 3. The number of benzene rings is 2. The van der Waals surface area contributed by atoms with Crippen molar-refractivity contribution in [1.82, 2.24) is 15.1 Å². The van der Waals surface area contributed by atoms with Crippen molar-refractivity contribution in [2.45, 2.75) is 25.3 Å².